The van der Waals surface area contributed by atoms with Gasteiger partial charge in [0.2, 0.25) is 0 Å². The molecule has 2 N–H and O–H groups in total. The summed E-state index contributed by atoms with van der Waals surface area (Å²) in [7, 11) is 0. The van der Waals surface area contributed by atoms with E-state index in [1.807, 2.05) is 17.0 Å². The Hall–Kier alpha value is -1.55. The minimum absolute atomic E-state index is 0.0975. The number of anilines is 1. The Labute approximate surface area is 108 Å². The number of likely N-dealkylation sites (N-methyl/N-ethyl adjacent to an activating group) is 1. The number of amides is 1. The Kier molecular flexibility index (Phi) is 4.20. The fourth-order valence-corrected chi connectivity index (χ4v) is 2.34. The smallest absolute Gasteiger partial charge is 0.253 e. The molecular formula is C14H21N3O. The second kappa shape index (κ2) is 5.87. The molecule has 0 atom stereocenters. The van der Waals surface area contributed by atoms with Crippen molar-refractivity contribution in [2.45, 2.75) is 13.3 Å². The van der Waals surface area contributed by atoms with E-state index >= 15 is 0 Å². The number of benzene rings is 1. The molecule has 0 aliphatic carbocycles. The molecule has 4 heteroatoms. The van der Waals surface area contributed by atoms with Gasteiger partial charge in [-0.1, -0.05) is 13.0 Å². The first kappa shape index (κ1) is 12.9. The highest BCUT2D eigenvalue weighted by molar-refractivity contribution is 5.95. The first-order valence-electron chi connectivity index (χ1n) is 6.58. The highest BCUT2D eigenvalue weighted by atomic mass is 16.2. The van der Waals surface area contributed by atoms with E-state index < -0.39 is 0 Å². The number of nitrogen functional groups attached to an aromatic ring is 1. The Morgan fingerprint density at radius 1 is 1.28 bits per heavy atom. The first-order chi connectivity index (χ1) is 8.70. The van der Waals surface area contributed by atoms with E-state index in [-0.39, 0.29) is 5.91 Å². The average Bonchev–Trinajstić information content (AvgIpc) is 2.63. The van der Waals surface area contributed by atoms with Gasteiger partial charge in [0, 0.05) is 30.9 Å². The third kappa shape index (κ3) is 3.01. The Bertz CT molecular complexity index is 419. The van der Waals surface area contributed by atoms with Crippen molar-refractivity contribution in [3.05, 3.63) is 29.8 Å². The number of carbonyl (C=O) groups is 1. The van der Waals surface area contributed by atoms with Crippen LogP contribution in [0.3, 0.4) is 0 Å². The molecule has 1 saturated heterocycles. The molecule has 2 rings (SSSR count). The standard InChI is InChI=1S/C14H21N3O/c1-2-16-7-4-8-17(10-9-16)14(18)12-5-3-6-13(15)11-12/h3,5-6,11H,2,4,7-10,15H2,1H3. The van der Waals surface area contributed by atoms with Gasteiger partial charge in [0.1, 0.15) is 0 Å². The van der Waals surface area contributed by atoms with Crippen LogP contribution in [0.25, 0.3) is 0 Å². The second-order valence-electron chi connectivity index (χ2n) is 4.71. The molecule has 0 bridgehead atoms. The summed E-state index contributed by atoms with van der Waals surface area (Å²) in [5, 5.41) is 0. The minimum Gasteiger partial charge on any atom is -0.399 e. The lowest BCUT2D eigenvalue weighted by atomic mass is 10.1. The number of rotatable bonds is 2. The van der Waals surface area contributed by atoms with Crippen molar-refractivity contribution in [1.82, 2.24) is 9.80 Å². The molecule has 0 saturated carbocycles. The predicted octanol–water partition coefficient (Wildman–Crippen LogP) is 1.44. The molecule has 1 amide bonds. The fraction of sp³-hybridized carbons (Fsp3) is 0.500. The van der Waals surface area contributed by atoms with Crippen LogP contribution in [-0.4, -0.2) is 48.4 Å². The molecule has 0 unspecified atom stereocenters. The predicted molar refractivity (Wildman–Crippen MR) is 73.5 cm³/mol. The Morgan fingerprint density at radius 2 is 2.11 bits per heavy atom. The number of hydrogen-bond acceptors (Lipinski definition) is 3. The van der Waals surface area contributed by atoms with Crippen molar-refractivity contribution >= 4 is 11.6 Å². The summed E-state index contributed by atoms with van der Waals surface area (Å²) in [5.74, 6) is 0.0975. The van der Waals surface area contributed by atoms with E-state index in [0.29, 0.717) is 11.3 Å². The van der Waals surface area contributed by atoms with Crippen molar-refractivity contribution < 1.29 is 4.79 Å². The maximum atomic E-state index is 12.4. The van der Waals surface area contributed by atoms with E-state index in [0.717, 1.165) is 39.1 Å². The molecule has 1 heterocycles. The molecular weight excluding hydrogens is 226 g/mol. The molecule has 0 radical (unpaired) electrons. The summed E-state index contributed by atoms with van der Waals surface area (Å²) >= 11 is 0. The van der Waals surface area contributed by atoms with E-state index in [4.69, 9.17) is 5.73 Å². The van der Waals surface area contributed by atoms with E-state index in [9.17, 15) is 4.79 Å². The molecule has 1 fully saturated rings. The van der Waals surface area contributed by atoms with Crippen LogP contribution in [0, 0.1) is 0 Å². The zero-order chi connectivity index (χ0) is 13.0. The van der Waals surface area contributed by atoms with E-state index in [2.05, 4.69) is 11.8 Å². The van der Waals surface area contributed by atoms with Gasteiger partial charge in [-0.15, -0.1) is 0 Å². The summed E-state index contributed by atoms with van der Waals surface area (Å²) < 4.78 is 0. The SMILES string of the molecule is CCN1CCCN(C(=O)c2cccc(N)c2)CC1. The molecule has 1 aromatic carbocycles. The highest BCUT2D eigenvalue weighted by Gasteiger charge is 2.19. The zero-order valence-corrected chi connectivity index (χ0v) is 10.9. The maximum Gasteiger partial charge on any atom is 0.253 e. The molecule has 1 aliphatic heterocycles. The second-order valence-corrected chi connectivity index (χ2v) is 4.71. The lowest BCUT2D eigenvalue weighted by Crippen LogP contribution is -2.35. The third-order valence-corrected chi connectivity index (χ3v) is 3.46. The average molecular weight is 247 g/mol. The lowest BCUT2D eigenvalue weighted by Gasteiger charge is -2.21. The molecule has 98 valence electrons. The van der Waals surface area contributed by atoms with Gasteiger partial charge in [0.15, 0.2) is 0 Å². The number of carbonyl (C=O) groups excluding carboxylic acids is 1. The third-order valence-electron chi connectivity index (χ3n) is 3.46. The monoisotopic (exact) mass is 247 g/mol. The van der Waals surface area contributed by atoms with Crippen molar-refractivity contribution in [1.29, 1.82) is 0 Å². The normalized spacial score (nSPS) is 17.5. The number of nitrogens with two attached hydrogens (primary N) is 1. The molecule has 1 aromatic rings. The van der Waals surface area contributed by atoms with Crippen LogP contribution in [0.5, 0.6) is 0 Å². The topological polar surface area (TPSA) is 49.6 Å². The van der Waals surface area contributed by atoms with Gasteiger partial charge < -0.3 is 15.5 Å². The summed E-state index contributed by atoms with van der Waals surface area (Å²) in [4.78, 5) is 16.7. The van der Waals surface area contributed by atoms with Crippen LogP contribution >= 0.6 is 0 Å². The molecule has 0 spiro atoms. The maximum absolute atomic E-state index is 12.4. The van der Waals surface area contributed by atoms with Crippen LogP contribution in [0.1, 0.15) is 23.7 Å². The highest BCUT2D eigenvalue weighted by Crippen LogP contribution is 2.12. The summed E-state index contributed by atoms with van der Waals surface area (Å²) in [6.45, 7) is 6.91. The summed E-state index contributed by atoms with van der Waals surface area (Å²) in [6, 6.07) is 7.22. The minimum atomic E-state index is 0.0975. The van der Waals surface area contributed by atoms with Gasteiger partial charge in [-0.05, 0) is 37.7 Å². The van der Waals surface area contributed by atoms with Gasteiger partial charge in [0.25, 0.3) is 5.91 Å². The van der Waals surface area contributed by atoms with Gasteiger partial charge in [0.05, 0.1) is 0 Å². The van der Waals surface area contributed by atoms with Gasteiger partial charge >= 0.3 is 0 Å². The van der Waals surface area contributed by atoms with Crippen LogP contribution in [0.4, 0.5) is 5.69 Å². The number of hydrogen-bond donors (Lipinski definition) is 1. The quantitative estimate of drug-likeness (QED) is 0.804. The van der Waals surface area contributed by atoms with Crippen LogP contribution < -0.4 is 5.73 Å². The fourth-order valence-electron chi connectivity index (χ4n) is 2.34. The van der Waals surface area contributed by atoms with Gasteiger partial charge in [-0.3, -0.25) is 4.79 Å². The zero-order valence-electron chi connectivity index (χ0n) is 10.9. The van der Waals surface area contributed by atoms with Crippen molar-refractivity contribution in [2.24, 2.45) is 0 Å². The van der Waals surface area contributed by atoms with Crippen molar-refractivity contribution in [3.8, 4) is 0 Å². The van der Waals surface area contributed by atoms with Crippen LogP contribution in [0.15, 0.2) is 24.3 Å². The lowest BCUT2D eigenvalue weighted by molar-refractivity contribution is 0.0762. The first-order valence-corrected chi connectivity index (χ1v) is 6.58. The van der Waals surface area contributed by atoms with Crippen molar-refractivity contribution in [3.63, 3.8) is 0 Å². The van der Waals surface area contributed by atoms with Crippen molar-refractivity contribution in [2.75, 3.05) is 38.5 Å². The van der Waals surface area contributed by atoms with E-state index in [1.54, 1.807) is 12.1 Å². The van der Waals surface area contributed by atoms with E-state index in [1.165, 1.54) is 0 Å². The van der Waals surface area contributed by atoms with Gasteiger partial charge in [-0.2, -0.15) is 0 Å². The molecule has 18 heavy (non-hydrogen) atoms. The van der Waals surface area contributed by atoms with Gasteiger partial charge in [-0.25, -0.2) is 0 Å². The molecule has 4 nitrogen and oxygen atoms in total. The molecule has 1 aliphatic rings. The Balaban J connectivity index is 2.05. The largest absolute Gasteiger partial charge is 0.399 e. The summed E-state index contributed by atoms with van der Waals surface area (Å²) in [5.41, 5.74) is 7.06. The number of nitrogens with zero attached hydrogens (tertiary/aromatic N) is 2. The molecule has 0 aromatic heterocycles. The Morgan fingerprint density at radius 3 is 2.83 bits per heavy atom. The van der Waals surface area contributed by atoms with Crippen LogP contribution in [-0.2, 0) is 0 Å². The van der Waals surface area contributed by atoms with Crippen LogP contribution in [0.2, 0.25) is 0 Å². The summed E-state index contributed by atoms with van der Waals surface area (Å²) in [6.07, 6.45) is 1.04.